The van der Waals surface area contributed by atoms with E-state index in [1.54, 1.807) is 6.07 Å². The van der Waals surface area contributed by atoms with Gasteiger partial charge < -0.3 is 10.8 Å². The first-order valence-electron chi connectivity index (χ1n) is 4.81. The Morgan fingerprint density at radius 3 is 2.71 bits per heavy atom. The van der Waals surface area contributed by atoms with Gasteiger partial charge >= 0.3 is 0 Å². The van der Waals surface area contributed by atoms with E-state index in [0.29, 0.717) is 5.75 Å². The van der Waals surface area contributed by atoms with Crippen molar-refractivity contribution in [3.05, 3.63) is 35.4 Å². The summed E-state index contributed by atoms with van der Waals surface area (Å²) in [4.78, 5) is 0. The van der Waals surface area contributed by atoms with Gasteiger partial charge in [0, 0.05) is 11.1 Å². The smallest absolute Gasteiger partial charge is 0.119 e. The van der Waals surface area contributed by atoms with E-state index >= 15 is 0 Å². The first kappa shape index (κ1) is 9.28. The Bertz CT molecular complexity index is 399. The van der Waals surface area contributed by atoms with E-state index in [2.05, 4.69) is 6.08 Å². The van der Waals surface area contributed by atoms with Crippen molar-refractivity contribution in [2.45, 2.75) is 25.8 Å². The predicted molar refractivity (Wildman–Crippen MR) is 58.1 cm³/mol. The maximum absolute atomic E-state index is 9.64. The van der Waals surface area contributed by atoms with Crippen molar-refractivity contribution in [1.82, 2.24) is 0 Å². The SMILES string of the molecule is CC(C)(N)C1=CCc2c(O)cccc21. The standard InChI is InChI=1S/C12H15NO/c1-12(2,13)10-7-6-9-8(10)4-3-5-11(9)14/h3-5,7,14H,6,13H2,1-2H3. The summed E-state index contributed by atoms with van der Waals surface area (Å²) < 4.78 is 0. The molecule has 0 radical (unpaired) electrons. The Labute approximate surface area is 84.1 Å². The van der Waals surface area contributed by atoms with E-state index in [1.807, 2.05) is 26.0 Å². The number of rotatable bonds is 1. The van der Waals surface area contributed by atoms with E-state index in [-0.39, 0.29) is 5.54 Å². The fourth-order valence-electron chi connectivity index (χ4n) is 1.97. The number of nitrogens with two attached hydrogens (primary N) is 1. The zero-order valence-electron chi connectivity index (χ0n) is 8.54. The van der Waals surface area contributed by atoms with Gasteiger partial charge in [0.15, 0.2) is 0 Å². The molecule has 0 aliphatic heterocycles. The Balaban J connectivity index is 2.53. The number of aromatic hydroxyl groups is 1. The van der Waals surface area contributed by atoms with Gasteiger partial charge in [-0.25, -0.2) is 0 Å². The van der Waals surface area contributed by atoms with Gasteiger partial charge in [0.1, 0.15) is 5.75 Å². The molecule has 2 rings (SSSR count). The third-order valence-electron chi connectivity index (χ3n) is 2.65. The average molecular weight is 189 g/mol. The summed E-state index contributed by atoms with van der Waals surface area (Å²) in [6, 6.07) is 5.60. The lowest BCUT2D eigenvalue weighted by Gasteiger charge is -2.21. The van der Waals surface area contributed by atoms with Crippen molar-refractivity contribution in [2.24, 2.45) is 5.73 Å². The summed E-state index contributed by atoms with van der Waals surface area (Å²) in [5.74, 6) is 0.373. The van der Waals surface area contributed by atoms with Crippen LogP contribution >= 0.6 is 0 Å². The van der Waals surface area contributed by atoms with Gasteiger partial charge in [0.2, 0.25) is 0 Å². The van der Waals surface area contributed by atoms with Crippen molar-refractivity contribution >= 4 is 5.57 Å². The van der Waals surface area contributed by atoms with Crippen LogP contribution in [0.3, 0.4) is 0 Å². The van der Waals surface area contributed by atoms with Crippen molar-refractivity contribution in [3.63, 3.8) is 0 Å². The second-order valence-corrected chi connectivity index (χ2v) is 4.35. The summed E-state index contributed by atoms with van der Waals surface area (Å²) in [6.45, 7) is 3.97. The van der Waals surface area contributed by atoms with Crippen LogP contribution in [0.5, 0.6) is 5.75 Å². The van der Waals surface area contributed by atoms with Gasteiger partial charge in [0.25, 0.3) is 0 Å². The van der Waals surface area contributed by atoms with Gasteiger partial charge in [0.05, 0.1) is 0 Å². The monoisotopic (exact) mass is 189 g/mol. The second-order valence-electron chi connectivity index (χ2n) is 4.35. The van der Waals surface area contributed by atoms with Crippen molar-refractivity contribution < 1.29 is 5.11 Å². The lowest BCUT2D eigenvalue weighted by molar-refractivity contribution is 0.470. The summed E-state index contributed by atoms with van der Waals surface area (Å²) in [5.41, 5.74) is 8.95. The molecule has 0 aromatic heterocycles. The normalized spacial score (nSPS) is 15.2. The molecule has 0 unspecified atom stereocenters. The molecule has 0 atom stereocenters. The molecular weight excluding hydrogens is 174 g/mol. The molecule has 0 heterocycles. The predicted octanol–water partition coefficient (Wildman–Crippen LogP) is 2.07. The van der Waals surface area contributed by atoms with Crippen LogP contribution in [0.4, 0.5) is 0 Å². The topological polar surface area (TPSA) is 46.2 Å². The van der Waals surface area contributed by atoms with Crippen LogP contribution in [0.25, 0.3) is 5.57 Å². The van der Waals surface area contributed by atoms with E-state index in [0.717, 1.165) is 23.1 Å². The highest BCUT2D eigenvalue weighted by Crippen LogP contribution is 2.37. The van der Waals surface area contributed by atoms with Crippen LogP contribution in [0.15, 0.2) is 24.3 Å². The first-order valence-corrected chi connectivity index (χ1v) is 4.81. The summed E-state index contributed by atoms with van der Waals surface area (Å²) in [5, 5.41) is 9.64. The molecular formula is C12H15NO. The van der Waals surface area contributed by atoms with Crippen LogP contribution in [-0.2, 0) is 6.42 Å². The maximum Gasteiger partial charge on any atom is 0.119 e. The van der Waals surface area contributed by atoms with Crippen LogP contribution in [0.2, 0.25) is 0 Å². The third-order valence-corrected chi connectivity index (χ3v) is 2.65. The molecule has 14 heavy (non-hydrogen) atoms. The highest BCUT2D eigenvalue weighted by atomic mass is 16.3. The van der Waals surface area contributed by atoms with Gasteiger partial charge in [-0.15, -0.1) is 0 Å². The Morgan fingerprint density at radius 2 is 2.07 bits per heavy atom. The van der Waals surface area contributed by atoms with E-state index in [4.69, 9.17) is 5.73 Å². The van der Waals surface area contributed by atoms with E-state index in [1.165, 1.54) is 0 Å². The van der Waals surface area contributed by atoms with Crippen molar-refractivity contribution in [2.75, 3.05) is 0 Å². The Hall–Kier alpha value is -1.28. The summed E-state index contributed by atoms with van der Waals surface area (Å²) in [7, 11) is 0. The number of hydrogen-bond acceptors (Lipinski definition) is 2. The van der Waals surface area contributed by atoms with Crippen molar-refractivity contribution in [1.29, 1.82) is 0 Å². The highest BCUT2D eigenvalue weighted by molar-refractivity contribution is 5.79. The summed E-state index contributed by atoms with van der Waals surface area (Å²) >= 11 is 0. The van der Waals surface area contributed by atoms with Gasteiger partial charge in [-0.05, 0) is 37.5 Å². The molecule has 0 spiro atoms. The molecule has 1 aromatic carbocycles. The molecule has 74 valence electrons. The van der Waals surface area contributed by atoms with Gasteiger partial charge in [-0.1, -0.05) is 18.2 Å². The van der Waals surface area contributed by atoms with Crippen LogP contribution in [0.1, 0.15) is 25.0 Å². The zero-order valence-corrected chi connectivity index (χ0v) is 8.54. The van der Waals surface area contributed by atoms with Gasteiger partial charge in [-0.3, -0.25) is 0 Å². The van der Waals surface area contributed by atoms with Gasteiger partial charge in [-0.2, -0.15) is 0 Å². The summed E-state index contributed by atoms with van der Waals surface area (Å²) in [6.07, 6.45) is 2.89. The molecule has 1 aliphatic carbocycles. The quantitative estimate of drug-likeness (QED) is 0.710. The average Bonchev–Trinajstić information content (AvgIpc) is 2.47. The lowest BCUT2D eigenvalue weighted by atomic mass is 9.90. The molecule has 0 saturated carbocycles. The molecule has 0 fully saturated rings. The minimum atomic E-state index is -0.334. The van der Waals surface area contributed by atoms with E-state index in [9.17, 15) is 5.11 Å². The molecule has 3 N–H and O–H groups in total. The molecule has 1 aliphatic rings. The third kappa shape index (κ3) is 1.32. The number of phenolic OH excluding ortho intramolecular Hbond substituents is 1. The largest absolute Gasteiger partial charge is 0.508 e. The minimum Gasteiger partial charge on any atom is -0.508 e. The maximum atomic E-state index is 9.64. The minimum absolute atomic E-state index is 0.334. The Kier molecular flexibility index (Phi) is 1.89. The number of phenols is 1. The Morgan fingerprint density at radius 1 is 1.36 bits per heavy atom. The molecule has 2 heteroatoms. The number of fused-ring (bicyclic) bond motifs is 1. The fourth-order valence-corrected chi connectivity index (χ4v) is 1.97. The second kappa shape index (κ2) is 2.85. The van der Waals surface area contributed by atoms with Crippen LogP contribution in [0, 0.1) is 0 Å². The number of allylic oxidation sites excluding steroid dienone is 1. The molecule has 2 nitrogen and oxygen atoms in total. The lowest BCUT2D eigenvalue weighted by Crippen LogP contribution is -2.32. The fraction of sp³-hybridized carbons (Fsp3) is 0.333. The number of hydrogen-bond donors (Lipinski definition) is 2. The van der Waals surface area contributed by atoms with Crippen molar-refractivity contribution in [3.8, 4) is 5.75 Å². The van der Waals surface area contributed by atoms with Crippen LogP contribution < -0.4 is 5.73 Å². The molecule has 1 aromatic rings. The number of benzene rings is 1. The molecule has 0 amide bonds. The molecule has 0 saturated heterocycles. The zero-order chi connectivity index (χ0) is 10.3. The van der Waals surface area contributed by atoms with Crippen LogP contribution in [-0.4, -0.2) is 10.6 Å². The highest BCUT2D eigenvalue weighted by Gasteiger charge is 2.26. The first-order chi connectivity index (χ1) is 6.50. The molecule has 0 bridgehead atoms. The van der Waals surface area contributed by atoms with E-state index < -0.39 is 0 Å².